The van der Waals surface area contributed by atoms with E-state index in [4.69, 9.17) is 16.3 Å². The van der Waals surface area contributed by atoms with Gasteiger partial charge in [0.05, 0.1) is 12.1 Å². The van der Waals surface area contributed by atoms with E-state index in [0.717, 1.165) is 5.56 Å². The molecule has 2 rings (SSSR count). The molecule has 0 heterocycles. The van der Waals surface area contributed by atoms with Crippen LogP contribution in [0.3, 0.4) is 0 Å². The summed E-state index contributed by atoms with van der Waals surface area (Å²) >= 11 is 5.92. The molecule has 1 N–H and O–H groups in total. The van der Waals surface area contributed by atoms with Gasteiger partial charge in [0.2, 0.25) is 0 Å². The Kier molecular flexibility index (Phi) is 4.08. The first-order valence-electron chi connectivity index (χ1n) is 5.80. The van der Waals surface area contributed by atoms with Gasteiger partial charge in [0.25, 0.3) is 0 Å². The second kappa shape index (κ2) is 5.59. The number of hydrogen-bond acceptors (Lipinski definition) is 2. The van der Waals surface area contributed by atoms with Crippen LogP contribution in [0.25, 0.3) is 0 Å². The van der Waals surface area contributed by atoms with Crippen molar-refractivity contribution in [2.45, 2.75) is 13.0 Å². The second-order valence-corrected chi connectivity index (χ2v) is 4.73. The van der Waals surface area contributed by atoms with Crippen LogP contribution in [0.2, 0.25) is 5.02 Å². The number of rotatable bonds is 3. The maximum absolute atomic E-state index is 13.8. The van der Waals surface area contributed by atoms with Crippen LogP contribution in [0.15, 0.2) is 36.4 Å². The number of aryl methyl sites for hydroxylation is 1. The molecule has 0 radical (unpaired) electrons. The fourth-order valence-corrected chi connectivity index (χ4v) is 2.09. The molecule has 19 heavy (non-hydrogen) atoms. The molecule has 4 heteroatoms. The molecule has 0 aliphatic heterocycles. The molecule has 0 saturated carbocycles. The molecule has 0 bridgehead atoms. The molecule has 0 aliphatic carbocycles. The number of ether oxygens (including phenoxy) is 1. The fraction of sp³-hybridized carbons (Fsp3) is 0.200. The Balaban J connectivity index is 2.43. The van der Waals surface area contributed by atoms with Crippen molar-refractivity contribution in [1.82, 2.24) is 0 Å². The van der Waals surface area contributed by atoms with Crippen LogP contribution in [0, 0.1) is 12.7 Å². The van der Waals surface area contributed by atoms with Crippen LogP contribution < -0.4 is 4.74 Å². The molecular weight excluding hydrogens is 267 g/mol. The van der Waals surface area contributed by atoms with Crippen LogP contribution in [0.5, 0.6) is 5.75 Å². The summed E-state index contributed by atoms with van der Waals surface area (Å²) in [5.74, 6) is 0.0123. The Morgan fingerprint density at radius 3 is 2.63 bits per heavy atom. The van der Waals surface area contributed by atoms with Gasteiger partial charge in [-0.15, -0.1) is 0 Å². The molecule has 2 nitrogen and oxygen atoms in total. The lowest BCUT2D eigenvalue weighted by Gasteiger charge is -2.14. The van der Waals surface area contributed by atoms with E-state index in [2.05, 4.69) is 0 Å². The van der Waals surface area contributed by atoms with Gasteiger partial charge in [-0.2, -0.15) is 0 Å². The Hall–Kier alpha value is -1.58. The van der Waals surface area contributed by atoms with Crippen LogP contribution in [0.4, 0.5) is 4.39 Å². The topological polar surface area (TPSA) is 29.5 Å². The van der Waals surface area contributed by atoms with Gasteiger partial charge in [-0.25, -0.2) is 4.39 Å². The smallest absolute Gasteiger partial charge is 0.137 e. The first-order valence-corrected chi connectivity index (χ1v) is 6.18. The molecule has 0 fully saturated rings. The number of halogens is 2. The maximum atomic E-state index is 13.8. The predicted molar refractivity (Wildman–Crippen MR) is 73.2 cm³/mol. The summed E-state index contributed by atoms with van der Waals surface area (Å²) in [5, 5.41) is 10.7. The number of aliphatic hydroxyl groups excluding tert-OH is 1. The molecule has 0 spiro atoms. The van der Waals surface area contributed by atoms with Gasteiger partial charge in [0.1, 0.15) is 17.7 Å². The van der Waals surface area contributed by atoms with E-state index in [-0.39, 0.29) is 5.56 Å². The highest BCUT2D eigenvalue weighted by Gasteiger charge is 2.16. The lowest BCUT2D eigenvalue weighted by Crippen LogP contribution is -2.03. The highest BCUT2D eigenvalue weighted by Crippen LogP contribution is 2.31. The molecule has 0 aliphatic rings. The van der Waals surface area contributed by atoms with Crippen molar-refractivity contribution in [1.29, 1.82) is 0 Å². The summed E-state index contributed by atoms with van der Waals surface area (Å²) in [4.78, 5) is 0. The van der Waals surface area contributed by atoms with E-state index >= 15 is 0 Å². The molecule has 1 atom stereocenters. The number of benzene rings is 2. The quantitative estimate of drug-likeness (QED) is 0.924. The van der Waals surface area contributed by atoms with E-state index in [1.807, 2.05) is 6.92 Å². The standard InChI is InChI=1S/C15H14ClFO2/c1-9-3-6-13(17)11(7-9)15(18)10-4-5-12(16)14(8-10)19-2/h3-8,15,18H,1-2H3. The number of hydrogen-bond donors (Lipinski definition) is 1. The Bertz CT molecular complexity index is 599. The minimum atomic E-state index is -1.05. The molecule has 0 aromatic heterocycles. The van der Waals surface area contributed by atoms with Crippen molar-refractivity contribution in [3.8, 4) is 5.75 Å². The summed E-state index contributed by atoms with van der Waals surface area (Å²) in [7, 11) is 1.49. The minimum Gasteiger partial charge on any atom is -0.495 e. The molecular formula is C15H14ClFO2. The summed E-state index contributed by atoms with van der Waals surface area (Å²) in [5.41, 5.74) is 1.66. The average Bonchev–Trinajstić information content (AvgIpc) is 2.41. The van der Waals surface area contributed by atoms with Crippen molar-refractivity contribution in [3.63, 3.8) is 0 Å². The highest BCUT2D eigenvalue weighted by atomic mass is 35.5. The first kappa shape index (κ1) is 13.8. The molecule has 1 unspecified atom stereocenters. The summed E-state index contributed by atoms with van der Waals surface area (Å²) in [6.45, 7) is 1.85. The van der Waals surface area contributed by atoms with E-state index in [0.29, 0.717) is 16.3 Å². The van der Waals surface area contributed by atoms with Crippen LogP contribution in [-0.4, -0.2) is 12.2 Å². The zero-order valence-electron chi connectivity index (χ0n) is 10.7. The van der Waals surface area contributed by atoms with Crippen molar-refractivity contribution in [2.75, 3.05) is 7.11 Å². The van der Waals surface area contributed by atoms with Gasteiger partial charge in [-0.3, -0.25) is 0 Å². The molecule has 2 aromatic rings. The van der Waals surface area contributed by atoms with Crippen molar-refractivity contribution in [3.05, 3.63) is 63.9 Å². The van der Waals surface area contributed by atoms with Crippen LogP contribution >= 0.6 is 11.6 Å². The predicted octanol–water partition coefficient (Wildman–Crippen LogP) is 3.88. The molecule has 2 aromatic carbocycles. The van der Waals surface area contributed by atoms with Crippen LogP contribution in [0.1, 0.15) is 22.8 Å². The lowest BCUT2D eigenvalue weighted by atomic mass is 9.99. The van der Waals surface area contributed by atoms with Crippen molar-refractivity contribution >= 4 is 11.6 Å². The van der Waals surface area contributed by atoms with E-state index < -0.39 is 11.9 Å². The summed E-state index contributed by atoms with van der Waals surface area (Å²) in [6, 6.07) is 9.51. The monoisotopic (exact) mass is 280 g/mol. The van der Waals surface area contributed by atoms with Crippen molar-refractivity contribution in [2.24, 2.45) is 0 Å². The van der Waals surface area contributed by atoms with E-state index in [1.54, 1.807) is 30.3 Å². The van der Waals surface area contributed by atoms with Gasteiger partial charge >= 0.3 is 0 Å². The number of methoxy groups -OCH3 is 1. The fourth-order valence-electron chi connectivity index (χ4n) is 1.90. The zero-order chi connectivity index (χ0) is 14.0. The highest BCUT2D eigenvalue weighted by molar-refractivity contribution is 6.32. The Labute approximate surface area is 116 Å². The Morgan fingerprint density at radius 1 is 1.21 bits per heavy atom. The zero-order valence-corrected chi connectivity index (χ0v) is 11.4. The Morgan fingerprint density at radius 2 is 1.95 bits per heavy atom. The third-order valence-corrected chi connectivity index (χ3v) is 3.25. The SMILES string of the molecule is COc1cc(C(O)c2cc(C)ccc2F)ccc1Cl. The first-order chi connectivity index (χ1) is 9.02. The second-order valence-electron chi connectivity index (χ2n) is 4.32. The van der Waals surface area contributed by atoms with Gasteiger partial charge in [-0.05, 0) is 30.7 Å². The van der Waals surface area contributed by atoms with Gasteiger partial charge in [0, 0.05) is 5.56 Å². The number of aliphatic hydroxyl groups is 1. The van der Waals surface area contributed by atoms with Crippen molar-refractivity contribution < 1.29 is 14.2 Å². The van der Waals surface area contributed by atoms with Gasteiger partial charge < -0.3 is 9.84 Å². The third-order valence-electron chi connectivity index (χ3n) is 2.94. The molecule has 0 saturated heterocycles. The molecule has 0 amide bonds. The maximum Gasteiger partial charge on any atom is 0.137 e. The van der Waals surface area contributed by atoms with E-state index in [9.17, 15) is 9.50 Å². The normalized spacial score (nSPS) is 12.3. The third kappa shape index (κ3) is 2.88. The largest absolute Gasteiger partial charge is 0.495 e. The van der Waals surface area contributed by atoms with Gasteiger partial charge in [0.15, 0.2) is 0 Å². The molecule has 100 valence electrons. The lowest BCUT2D eigenvalue weighted by molar-refractivity contribution is 0.214. The summed E-state index contributed by atoms with van der Waals surface area (Å²) in [6.07, 6.45) is -1.05. The van der Waals surface area contributed by atoms with Crippen LogP contribution in [-0.2, 0) is 0 Å². The summed E-state index contributed by atoms with van der Waals surface area (Å²) < 4.78 is 18.8. The van der Waals surface area contributed by atoms with Gasteiger partial charge in [-0.1, -0.05) is 35.4 Å². The van der Waals surface area contributed by atoms with E-state index in [1.165, 1.54) is 13.2 Å². The minimum absolute atomic E-state index is 0.240. The average molecular weight is 281 g/mol.